The van der Waals surface area contributed by atoms with Crippen molar-refractivity contribution in [3.63, 3.8) is 0 Å². The van der Waals surface area contributed by atoms with Crippen LogP contribution in [0.1, 0.15) is 38.8 Å². The molecule has 3 rings (SSSR count). The van der Waals surface area contributed by atoms with Crippen molar-refractivity contribution in [1.82, 2.24) is 9.97 Å². The van der Waals surface area contributed by atoms with Gasteiger partial charge < -0.3 is 15.5 Å². The lowest BCUT2D eigenvalue weighted by Gasteiger charge is -2.25. The highest BCUT2D eigenvalue weighted by molar-refractivity contribution is 9.10. The van der Waals surface area contributed by atoms with Crippen molar-refractivity contribution in [3.05, 3.63) is 58.1 Å². The number of halogens is 2. The number of aliphatic carboxylic acids is 2. The second kappa shape index (κ2) is 9.05. The van der Waals surface area contributed by atoms with E-state index in [4.69, 9.17) is 0 Å². The fourth-order valence-electron chi connectivity index (χ4n) is 3.45. The van der Waals surface area contributed by atoms with Gasteiger partial charge in [-0.2, -0.15) is 0 Å². The van der Waals surface area contributed by atoms with Gasteiger partial charge in [0.05, 0.1) is 26.5 Å². The number of carboxylic acids is 2. The summed E-state index contributed by atoms with van der Waals surface area (Å²) in [4.78, 5) is 32.1. The quantitative estimate of drug-likeness (QED) is 0.357. The second-order valence-electron chi connectivity index (χ2n) is 9.32. The average molecular weight is 518 g/mol. The number of nitrogens with one attached hydrogen (secondary N) is 1. The molecular weight excluding hydrogens is 493 g/mol. The summed E-state index contributed by atoms with van der Waals surface area (Å²) < 4.78 is 14.8. The number of nitrogens with zero attached hydrogens (tertiary/aromatic N) is 2. The van der Waals surface area contributed by atoms with Crippen molar-refractivity contribution in [2.75, 3.05) is 5.32 Å². The Hall–Kier alpha value is -3.07. The van der Waals surface area contributed by atoms with Gasteiger partial charge in [0, 0.05) is 5.39 Å². The van der Waals surface area contributed by atoms with E-state index in [-0.39, 0.29) is 18.5 Å². The zero-order valence-electron chi connectivity index (χ0n) is 18.7. The van der Waals surface area contributed by atoms with E-state index in [1.165, 1.54) is 6.33 Å². The highest BCUT2D eigenvalue weighted by atomic mass is 79.9. The van der Waals surface area contributed by atoms with Gasteiger partial charge in [-0.1, -0.05) is 6.07 Å². The van der Waals surface area contributed by atoms with Gasteiger partial charge in [0.25, 0.3) is 0 Å². The molecule has 0 fully saturated rings. The first-order valence-corrected chi connectivity index (χ1v) is 11.1. The minimum Gasteiger partial charge on any atom is -0.481 e. The van der Waals surface area contributed by atoms with Crippen LogP contribution in [-0.4, -0.2) is 32.1 Å². The average Bonchev–Trinajstić information content (AvgIpc) is 2.71. The predicted octanol–water partition coefficient (Wildman–Crippen LogP) is 5.58. The van der Waals surface area contributed by atoms with Gasteiger partial charge in [-0.3, -0.25) is 9.59 Å². The molecule has 0 saturated carbocycles. The van der Waals surface area contributed by atoms with E-state index in [2.05, 4.69) is 31.2 Å². The molecule has 9 heteroatoms. The summed E-state index contributed by atoms with van der Waals surface area (Å²) in [6.45, 7) is 6.47. The zero-order valence-corrected chi connectivity index (χ0v) is 20.3. The van der Waals surface area contributed by atoms with Crippen molar-refractivity contribution >= 4 is 50.3 Å². The van der Waals surface area contributed by atoms with Gasteiger partial charge in [-0.25, -0.2) is 14.4 Å². The van der Waals surface area contributed by atoms with Crippen LogP contribution < -0.4 is 5.32 Å². The summed E-state index contributed by atoms with van der Waals surface area (Å²) in [5.41, 5.74) is -0.0261. The number of benzene rings is 2. The van der Waals surface area contributed by atoms with E-state index in [1.807, 2.05) is 0 Å². The maximum absolute atomic E-state index is 14.5. The molecule has 0 spiro atoms. The SMILES string of the molecule is CC(C)(Cc1cc2ncnc(Nc3cccc(Br)c3F)c2cc1CC(C)(C)C(=O)O)C(=O)O. The Morgan fingerprint density at radius 3 is 2.15 bits per heavy atom. The Kier molecular flexibility index (Phi) is 6.74. The molecule has 2 aromatic carbocycles. The highest BCUT2D eigenvalue weighted by Crippen LogP contribution is 2.34. The molecule has 0 aliphatic rings. The first-order valence-electron chi connectivity index (χ1n) is 10.3. The van der Waals surface area contributed by atoms with Gasteiger partial charge in [0.15, 0.2) is 5.82 Å². The van der Waals surface area contributed by atoms with Crippen LogP contribution in [0.2, 0.25) is 0 Å². The van der Waals surface area contributed by atoms with E-state index in [0.717, 1.165) is 0 Å². The number of carbonyl (C=O) groups is 2. The third-order valence-electron chi connectivity index (χ3n) is 5.58. The largest absolute Gasteiger partial charge is 0.481 e. The number of fused-ring (bicyclic) bond motifs is 1. The van der Waals surface area contributed by atoms with Crippen molar-refractivity contribution in [2.24, 2.45) is 10.8 Å². The van der Waals surface area contributed by atoms with Gasteiger partial charge in [-0.15, -0.1) is 0 Å². The van der Waals surface area contributed by atoms with Crippen LogP contribution in [0.4, 0.5) is 15.9 Å². The minimum absolute atomic E-state index is 0.170. The van der Waals surface area contributed by atoms with Crippen molar-refractivity contribution < 1.29 is 24.2 Å². The van der Waals surface area contributed by atoms with E-state index in [0.29, 0.717) is 32.3 Å². The molecule has 3 N–H and O–H groups in total. The molecule has 0 unspecified atom stereocenters. The Morgan fingerprint density at radius 2 is 1.58 bits per heavy atom. The molecule has 0 aliphatic carbocycles. The van der Waals surface area contributed by atoms with Crippen molar-refractivity contribution in [3.8, 4) is 0 Å². The summed E-state index contributed by atoms with van der Waals surface area (Å²) in [6, 6.07) is 8.38. The van der Waals surface area contributed by atoms with Crippen molar-refractivity contribution in [1.29, 1.82) is 0 Å². The fraction of sp³-hybridized carbons (Fsp3) is 0.333. The minimum atomic E-state index is -1.09. The molecule has 7 nitrogen and oxygen atoms in total. The van der Waals surface area contributed by atoms with E-state index >= 15 is 0 Å². The molecule has 0 aliphatic heterocycles. The lowest BCUT2D eigenvalue weighted by Crippen LogP contribution is -2.29. The molecule has 0 saturated heterocycles. The molecule has 0 bridgehead atoms. The first kappa shape index (κ1) is 24.6. The molecule has 1 aromatic heterocycles. The standard InChI is InChI=1S/C24H25BrFN3O4/c1-23(2,21(30)31)10-13-8-15-18(9-14(13)11-24(3,4)22(32)33)27-12-28-20(15)29-17-7-5-6-16(25)19(17)26/h5-9,12H,10-11H2,1-4H3,(H,30,31)(H,32,33)(H,27,28,29). The third-order valence-corrected chi connectivity index (χ3v) is 6.20. The molecule has 0 amide bonds. The van der Waals surface area contributed by atoms with Gasteiger partial charge in [-0.05, 0) is 91.9 Å². The Balaban J connectivity index is 2.17. The van der Waals surface area contributed by atoms with Gasteiger partial charge in [0.1, 0.15) is 12.1 Å². The second-order valence-corrected chi connectivity index (χ2v) is 10.2. The first-order chi connectivity index (χ1) is 15.3. The number of anilines is 2. The van der Waals surface area contributed by atoms with E-state index in [9.17, 15) is 24.2 Å². The van der Waals surface area contributed by atoms with Crippen LogP contribution in [0.25, 0.3) is 10.9 Å². The molecule has 174 valence electrons. The number of hydrogen-bond donors (Lipinski definition) is 3. The molecule has 0 radical (unpaired) electrons. The maximum Gasteiger partial charge on any atom is 0.309 e. The number of carboxylic acid groups (broad SMARTS) is 2. The monoisotopic (exact) mass is 517 g/mol. The summed E-state index contributed by atoms with van der Waals surface area (Å²) in [5.74, 6) is -2.04. The topological polar surface area (TPSA) is 112 Å². The molecule has 1 heterocycles. The molecule has 0 atom stereocenters. The molecule has 3 aromatic rings. The van der Waals surface area contributed by atoms with Crippen LogP contribution in [0.5, 0.6) is 0 Å². The van der Waals surface area contributed by atoms with Crippen LogP contribution in [0.15, 0.2) is 41.1 Å². The van der Waals surface area contributed by atoms with E-state index < -0.39 is 28.6 Å². The number of hydrogen-bond acceptors (Lipinski definition) is 5. The lowest BCUT2D eigenvalue weighted by atomic mass is 9.79. The maximum atomic E-state index is 14.5. The van der Waals surface area contributed by atoms with Crippen LogP contribution >= 0.6 is 15.9 Å². The molecule has 33 heavy (non-hydrogen) atoms. The predicted molar refractivity (Wildman–Crippen MR) is 127 cm³/mol. The van der Waals surface area contributed by atoms with Crippen LogP contribution in [0, 0.1) is 16.6 Å². The summed E-state index contributed by atoms with van der Waals surface area (Å²) in [7, 11) is 0. The summed E-state index contributed by atoms with van der Waals surface area (Å²) >= 11 is 3.17. The summed E-state index contributed by atoms with van der Waals surface area (Å²) in [6.07, 6.45) is 1.70. The van der Waals surface area contributed by atoms with Gasteiger partial charge in [0.2, 0.25) is 0 Å². The Bertz CT molecular complexity index is 1240. The third kappa shape index (κ3) is 5.30. The van der Waals surface area contributed by atoms with Gasteiger partial charge >= 0.3 is 11.9 Å². The van der Waals surface area contributed by atoms with Crippen LogP contribution in [-0.2, 0) is 22.4 Å². The smallest absolute Gasteiger partial charge is 0.309 e. The molecular formula is C24H25BrFN3O4. The van der Waals surface area contributed by atoms with Crippen LogP contribution in [0.3, 0.4) is 0 Å². The summed E-state index contributed by atoms with van der Waals surface area (Å²) in [5, 5.41) is 22.8. The Labute approximate surface area is 199 Å². The highest BCUT2D eigenvalue weighted by Gasteiger charge is 2.32. The normalized spacial score (nSPS) is 12.1. The van der Waals surface area contributed by atoms with E-state index in [1.54, 1.807) is 58.0 Å². The number of rotatable bonds is 8. The number of aromatic nitrogens is 2. The fourth-order valence-corrected chi connectivity index (χ4v) is 3.82. The van der Waals surface area contributed by atoms with Crippen molar-refractivity contribution in [2.45, 2.75) is 40.5 Å². The lowest BCUT2D eigenvalue weighted by molar-refractivity contribution is -0.147. The Morgan fingerprint density at radius 1 is 1.00 bits per heavy atom. The zero-order chi connectivity index (χ0) is 24.6.